The Morgan fingerprint density at radius 3 is 3.09 bits per heavy atom. The standard InChI is InChI=1S/C7H9ClN2O/c8-6-1-2-9-7(5-6)10-3-4-11/h1-2,5,11H,3-4H2,(H,9,10). The van der Waals surface area contributed by atoms with Crippen molar-refractivity contribution in [3.05, 3.63) is 23.4 Å². The Balaban J connectivity index is 2.56. The minimum Gasteiger partial charge on any atom is -0.395 e. The maximum Gasteiger partial charge on any atom is 0.127 e. The number of pyridine rings is 1. The van der Waals surface area contributed by atoms with Crippen LogP contribution >= 0.6 is 11.6 Å². The maximum atomic E-state index is 8.47. The minimum atomic E-state index is 0.0915. The highest BCUT2D eigenvalue weighted by molar-refractivity contribution is 6.30. The zero-order valence-electron chi connectivity index (χ0n) is 5.92. The Bertz CT molecular complexity index is 229. The highest BCUT2D eigenvalue weighted by atomic mass is 35.5. The molecule has 4 heteroatoms. The van der Waals surface area contributed by atoms with Crippen molar-refractivity contribution in [2.75, 3.05) is 18.5 Å². The summed E-state index contributed by atoms with van der Waals surface area (Å²) in [5, 5.41) is 12.0. The van der Waals surface area contributed by atoms with Crippen molar-refractivity contribution in [2.24, 2.45) is 0 Å². The van der Waals surface area contributed by atoms with Crippen LogP contribution in [-0.4, -0.2) is 23.2 Å². The van der Waals surface area contributed by atoms with Crippen LogP contribution < -0.4 is 5.32 Å². The van der Waals surface area contributed by atoms with Crippen LogP contribution in [-0.2, 0) is 0 Å². The number of hydrogen-bond donors (Lipinski definition) is 2. The molecule has 0 atom stereocenters. The van der Waals surface area contributed by atoms with E-state index >= 15 is 0 Å². The van der Waals surface area contributed by atoms with E-state index in [1.165, 1.54) is 0 Å². The summed E-state index contributed by atoms with van der Waals surface area (Å²) in [5.41, 5.74) is 0. The van der Waals surface area contributed by atoms with Crippen LogP contribution in [0.4, 0.5) is 5.82 Å². The SMILES string of the molecule is OCCNc1cc(Cl)ccn1. The second-order valence-corrected chi connectivity index (χ2v) is 2.45. The van der Waals surface area contributed by atoms with E-state index in [1.807, 2.05) is 0 Å². The smallest absolute Gasteiger partial charge is 0.127 e. The van der Waals surface area contributed by atoms with Crippen molar-refractivity contribution in [1.82, 2.24) is 4.98 Å². The number of aliphatic hydroxyl groups excluding tert-OH is 1. The molecule has 0 saturated heterocycles. The lowest BCUT2D eigenvalue weighted by Crippen LogP contribution is -2.06. The maximum absolute atomic E-state index is 8.47. The van der Waals surface area contributed by atoms with Gasteiger partial charge in [-0.1, -0.05) is 11.6 Å². The van der Waals surface area contributed by atoms with Gasteiger partial charge in [0.25, 0.3) is 0 Å². The molecule has 0 unspecified atom stereocenters. The molecule has 1 aromatic heterocycles. The lowest BCUT2D eigenvalue weighted by molar-refractivity contribution is 0.311. The molecule has 1 rings (SSSR count). The number of nitrogens with one attached hydrogen (secondary N) is 1. The van der Waals surface area contributed by atoms with E-state index in [1.54, 1.807) is 18.3 Å². The molecule has 0 radical (unpaired) electrons. The molecule has 0 aromatic carbocycles. The number of hydrogen-bond acceptors (Lipinski definition) is 3. The second-order valence-electron chi connectivity index (χ2n) is 2.01. The number of nitrogens with zero attached hydrogens (tertiary/aromatic N) is 1. The van der Waals surface area contributed by atoms with Crippen LogP contribution in [0.3, 0.4) is 0 Å². The number of rotatable bonds is 3. The van der Waals surface area contributed by atoms with Crippen LogP contribution in [0.2, 0.25) is 5.02 Å². The molecule has 3 nitrogen and oxygen atoms in total. The van der Waals surface area contributed by atoms with Crippen molar-refractivity contribution < 1.29 is 5.11 Å². The Kier molecular flexibility index (Phi) is 3.14. The number of anilines is 1. The van der Waals surface area contributed by atoms with Crippen molar-refractivity contribution >= 4 is 17.4 Å². The van der Waals surface area contributed by atoms with Gasteiger partial charge in [0.05, 0.1) is 6.61 Å². The van der Waals surface area contributed by atoms with Gasteiger partial charge >= 0.3 is 0 Å². The first-order valence-corrected chi connectivity index (χ1v) is 3.67. The van der Waals surface area contributed by atoms with Crippen molar-refractivity contribution in [1.29, 1.82) is 0 Å². The van der Waals surface area contributed by atoms with E-state index in [0.717, 1.165) is 0 Å². The first-order chi connectivity index (χ1) is 5.33. The highest BCUT2D eigenvalue weighted by Crippen LogP contribution is 2.10. The Labute approximate surface area is 70.0 Å². The van der Waals surface area contributed by atoms with Gasteiger partial charge in [0.2, 0.25) is 0 Å². The van der Waals surface area contributed by atoms with E-state index in [4.69, 9.17) is 16.7 Å². The number of aromatic nitrogens is 1. The molecule has 1 aromatic rings. The molecule has 1 heterocycles. The quantitative estimate of drug-likeness (QED) is 0.719. The monoisotopic (exact) mass is 172 g/mol. The summed E-state index contributed by atoms with van der Waals surface area (Å²) in [6.45, 7) is 0.585. The van der Waals surface area contributed by atoms with Gasteiger partial charge < -0.3 is 10.4 Å². The van der Waals surface area contributed by atoms with Crippen molar-refractivity contribution in [3.63, 3.8) is 0 Å². The normalized spacial score (nSPS) is 9.64. The third-order valence-electron chi connectivity index (χ3n) is 1.14. The van der Waals surface area contributed by atoms with Gasteiger partial charge in [-0.3, -0.25) is 0 Å². The average molecular weight is 173 g/mol. The van der Waals surface area contributed by atoms with Gasteiger partial charge in [0, 0.05) is 17.8 Å². The van der Waals surface area contributed by atoms with Crippen LogP contribution in [0.5, 0.6) is 0 Å². The van der Waals surface area contributed by atoms with E-state index in [-0.39, 0.29) is 6.61 Å². The van der Waals surface area contributed by atoms with Gasteiger partial charge in [-0.2, -0.15) is 0 Å². The summed E-state index contributed by atoms with van der Waals surface area (Å²) in [6.07, 6.45) is 1.61. The molecule has 11 heavy (non-hydrogen) atoms. The first-order valence-electron chi connectivity index (χ1n) is 3.29. The van der Waals surface area contributed by atoms with Crippen LogP contribution in [0.25, 0.3) is 0 Å². The average Bonchev–Trinajstić information content (AvgIpc) is 2.01. The zero-order valence-corrected chi connectivity index (χ0v) is 6.67. The number of halogens is 1. The highest BCUT2D eigenvalue weighted by Gasteiger charge is 1.91. The molecule has 0 saturated carbocycles. The molecule has 2 N–H and O–H groups in total. The summed E-state index contributed by atoms with van der Waals surface area (Å²) in [7, 11) is 0. The Morgan fingerprint density at radius 2 is 2.45 bits per heavy atom. The van der Waals surface area contributed by atoms with Crippen LogP contribution in [0.1, 0.15) is 0 Å². The minimum absolute atomic E-state index is 0.0915. The van der Waals surface area contributed by atoms with Gasteiger partial charge in [-0.05, 0) is 12.1 Å². The Morgan fingerprint density at radius 1 is 1.64 bits per heavy atom. The van der Waals surface area contributed by atoms with Gasteiger partial charge in [-0.15, -0.1) is 0 Å². The predicted molar refractivity (Wildman–Crippen MR) is 44.8 cm³/mol. The zero-order chi connectivity index (χ0) is 8.10. The van der Waals surface area contributed by atoms with Gasteiger partial charge in [0.15, 0.2) is 0 Å². The largest absolute Gasteiger partial charge is 0.395 e. The molecule has 0 amide bonds. The fourth-order valence-corrected chi connectivity index (χ4v) is 0.845. The van der Waals surface area contributed by atoms with Gasteiger partial charge in [-0.25, -0.2) is 4.98 Å². The molecular weight excluding hydrogens is 164 g/mol. The number of aliphatic hydroxyl groups is 1. The third kappa shape index (κ3) is 2.74. The Hall–Kier alpha value is -0.800. The lowest BCUT2D eigenvalue weighted by atomic mass is 10.4. The second kappa shape index (κ2) is 4.16. The third-order valence-corrected chi connectivity index (χ3v) is 1.38. The molecule has 60 valence electrons. The summed E-state index contributed by atoms with van der Waals surface area (Å²) in [5.74, 6) is 0.687. The summed E-state index contributed by atoms with van der Waals surface area (Å²) >= 11 is 5.68. The van der Waals surface area contributed by atoms with Crippen molar-refractivity contribution in [2.45, 2.75) is 0 Å². The molecule has 0 fully saturated rings. The molecule has 0 aliphatic rings. The fourth-order valence-electron chi connectivity index (χ4n) is 0.685. The molecule has 0 aliphatic heterocycles. The van der Waals surface area contributed by atoms with Gasteiger partial charge in [0.1, 0.15) is 5.82 Å². The topological polar surface area (TPSA) is 45.1 Å². The van der Waals surface area contributed by atoms with Crippen molar-refractivity contribution in [3.8, 4) is 0 Å². The summed E-state index contributed by atoms with van der Waals surface area (Å²) in [6, 6.07) is 3.41. The fraction of sp³-hybridized carbons (Fsp3) is 0.286. The molecule has 0 spiro atoms. The van der Waals surface area contributed by atoms with Crippen LogP contribution in [0, 0.1) is 0 Å². The van der Waals surface area contributed by atoms with E-state index in [0.29, 0.717) is 17.4 Å². The van der Waals surface area contributed by atoms with E-state index < -0.39 is 0 Å². The van der Waals surface area contributed by atoms with Crippen LogP contribution in [0.15, 0.2) is 18.3 Å². The lowest BCUT2D eigenvalue weighted by Gasteiger charge is -2.01. The predicted octanol–water partition coefficient (Wildman–Crippen LogP) is 1.14. The first kappa shape index (κ1) is 8.30. The van der Waals surface area contributed by atoms with E-state index in [9.17, 15) is 0 Å². The molecular formula is C7H9ClN2O. The molecule has 0 bridgehead atoms. The summed E-state index contributed by atoms with van der Waals surface area (Å²) in [4.78, 5) is 3.97. The summed E-state index contributed by atoms with van der Waals surface area (Å²) < 4.78 is 0. The molecule has 0 aliphatic carbocycles. The van der Waals surface area contributed by atoms with E-state index in [2.05, 4.69) is 10.3 Å².